The van der Waals surface area contributed by atoms with Crippen LogP contribution in [0.15, 0.2) is 54.6 Å². The molecule has 3 nitrogen and oxygen atoms in total. The summed E-state index contributed by atoms with van der Waals surface area (Å²) in [4.78, 5) is 13.5. The molecule has 2 aromatic carbocycles. The van der Waals surface area contributed by atoms with Gasteiger partial charge < -0.3 is 10.1 Å². The van der Waals surface area contributed by atoms with Crippen LogP contribution >= 0.6 is 11.6 Å². The summed E-state index contributed by atoms with van der Waals surface area (Å²) in [5.74, 6) is 0.113. The molecule has 28 heavy (non-hydrogen) atoms. The molecule has 1 N–H and O–H groups in total. The lowest BCUT2D eigenvalue weighted by atomic mass is 9.72. The molecule has 0 aliphatic carbocycles. The van der Waals surface area contributed by atoms with Crippen molar-refractivity contribution >= 4 is 17.5 Å². The van der Waals surface area contributed by atoms with E-state index >= 15 is 0 Å². The van der Waals surface area contributed by atoms with Crippen LogP contribution in [0.2, 0.25) is 5.02 Å². The first-order chi connectivity index (χ1) is 13.6. The number of benzene rings is 2. The highest BCUT2D eigenvalue weighted by Gasteiger charge is 2.42. The molecule has 150 valence electrons. The molecule has 1 saturated heterocycles. The molecule has 3 rings (SSSR count). The van der Waals surface area contributed by atoms with Gasteiger partial charge in [0.15, 0.2) is 0 Å². The molecule has 0 radical (unpaired) electrons. The maximum atomic E-state index is 13.5. The van der Waals surface area contributed by atoms with Gasteiger partial charge in [-0.05, 0) is 48.9 Å². The van der Waals surface area contributed by atoms with Crippen LogP contribution in [-0.4, -0.2) is 25.7 Å². The van der Waals surface area contributed by atoms with Crippen molar-refractivity contribution in [3.05, 3.63) is 70.7 Å². The van der Waals surface area contributed by atoms with Gasteiger partial charge in [0.2, 0.25) is 5.91 Å². The van der Waals surface area contributed by atoms with E-state index in [1.165, 1.54) is 5.56 Å². The van der Waals surface area contributed by atoms with E-state index < -0.39 is 5.41 Å². The molecule has 1 aliphatic heterocycles. The highest BCUT2D eigenvalue weighted by Crippen LogP contribution is 2.36. The maximum Gasteiger partial charge on any atom is 0.230 e. The van der Waals surface area contributed by atoms with Crippen LogP contribution in [0.3, 0.4) is 0 Å². The van der Waals surface area contributed by atoms with Crippen molar-refractivity contribution in [2.75, 3.05) is 19.8 Å². The minimum absolute atomic E-state index is 0.0940. The van der Waals surface area contributed by atoms with Crippen LogP contribution in [0, 0.1) is 0 Å². The summed E-state index contributed by atoms with van der Waals surface area (Å²) in [6.45, 7) is 6.23. The molecule has 0 aromatic heterocycles. The van der Waals surface area contributed by atoms with Gasteiger partial charge in [-0.15, -0.1) is 0 Å². The molecular formula is C24H30ClNO2. The normalized spacial score (nSPS) is 16.5. The second-order valence-corrected chi connectivity index (χ2v) is 8.17. The van der Waals surface area contributed by atoms with Crippen molar-refractivity contribution in [3.63, 3.8) is 0 Å². The van der Waals surface area contributed by atoms with Crippen LogP contribution < -0.4 is 5.32 Å². The van der Waals surface area contributed by atoms with Gasteiger partial charge in [-0.3, -0.25) is 4.79 Å². The third-order valence-electron chi connectivity index (χ3n) is 6.50. The van der Waals surface area contributed by atoms with Crippen molar-refractivity contribution in [2.24, 2.45) is 0 Å². The summed E-state index contributed by atoms with van der Waals surface area (Å²) < 4.78 is 5.57. The van der Waals surface area contributed by atoms with Gasteiger partial charge in [0.05, 0.1) is 5.41 Å². The Balaban J connectivity index is 1.84. The number of carbonyl (C=O) groups is 1. The van der Waals surface area contributed by atoms with Crippen molar-refractivity contribution in [1.82, 2.24) is 5.32 Å². The number of nitrogens with one attached hydrogen (secondary N) is 1. The summed E-state index contributed by atoms with van der Waals surface area (Å²) in [6, 6.07) is 18.2. The van der Waals surface area contributed by atoms with Gasteiger partial charge >= 0.3 is 0 Å². The Labute approximate surface area is 173 Å². The van der Waals surface area contributed by atoms with E-state index in [2.05, 4.69) is 43.4 Å². The average molecular weight is 400 g/mol. The first-order valence-electron chi connectivity index (χ1n) is 10.2. The molecule has 0 atom stereocenters. The van der Waals surface area contributed by atoms with Gasteiger partial charge in [0.1, 0.15) is 0 Å². The molecule has 0 bridgehead atoms. The number of carbonyl (C=O) groups excluding carboxylic acids is 1. The fraction of sp³-hybridized carbons (Fsp3) is 0.458. The molecule has 0 unspecified atom stereocenters. The topological polar surface area (TPSA) is 38.3 Å². The second kappa shape index (κ2) is 9.11. The Bertz CT molecular complexity index is 763. The zero-order valence-electron chi connectivity index (χ0n) is 16.8. The van der Waals surface area contributed by atoms with E-state index in [9.17, 15) is 4.79 Å². The fourth-order valence-corrected chi connectivity index (χ4v) is 4.48. The largest absolute Gasteiger partial charge is 0.381 e. The quantitative estimate of drug-likeness (QED) is 0.689. The molecule has 0 saturated carbocycles. The lowest BCUT2D eigenvalue weighted by Crippen LogP contribution is -2.51. The molecule has 1 aliphatic rings. The molecule has 2 aromatic rings. The third-order valence-corrected chi connectivity index (χ3v) is 6.76. The predicted octanol–water partition coefficient (Wildman–Crippen LogP) is 5.26. The Hall–Kier alpha value is -1.84. The first kappa shape index (κ1) is 20.9. The van der Waals surface area contributed by atoms with E-state index in [1.807, 2.05) is 30.3 Å². The predicted molar refractivity (Wildman–Crippen MR) is 115 cm³/mol. The van der Waals surface area contributed by atoms with Gasteiger partial charge in [0.25, 0.3) is 0 Å². The van der Waals surface area contributed by atoms with Gasteiger partial charge in [0, 0.05) is 30.2 Å². The van der Waals surface area contributed by atoms with E-state index in [-0.39, 0.29) is 11.3 Å². The van der Waals surface area contributed by atoms with E-state index in [0.29, 0.717) is 19.8 Å². The molecule has 4 heteroatoms. The van der Waals surface area contributed by atoms with Crippen LogP contribution in [-0.2, 0) is 20.4 Å². The number of hydrogen-bond acceptors (Lipinski definition) is 2. The number of rotatable bonds is 7. The summed E-state index contributed by atoms with van der Waals surface area (Å²) in [6.07, 6.45) is 3.34. The zero-order chi connectivity index (χ0) is 20.0. The monoisotopic (exact) mass is 399 g/mol. The molecule has 1 fully saturated rings. The van der Waals surface area contributed by atoms with Crippen LogP contribution in [0.1, 0.15) is 50.7 Å². The van der Waals surface area contributed by atoms with Crippen LogP contribution in [0.25, 0.3) is 0 Å². The van der Waals surface area contributed by atoms with E-state index in [0.717, 1.165) is 36.3 Å². The lowest BCUT2D eigenvalue weighted by molar-refractivity contribution is -0.130. The van der Waals surface area contributed by atoms with Crippen molar-refractivity contribution in [1.29, 1.82) is 0 Å². The average Bonchev–Trinajstić information content (AvgIpc) is 2.76. The summed E-state index contributed by atoms with van der Waals surface area (Å²) >= 11 is 6.08. The Morgan fingerprint density at radius 2 is 1.64 bits per heavy atom. The highest BCUT2D eigenvalue weighted by molar-refractivity contribution is 6.30. The standard InChI is InChI=1S/C24H30ClNO2/c1-3-23(4-2,19-10-12-21(25)13-11-19)18-26-22(27)24(14-16-28-17-15-24)20-8-6-5-7-9-20/h5-13H,3-4,14-18H2,1-2H3,(H,26,27). The number of amides is 1. The third kappa shape index (κ3) is 4.11. The Kier molecular flexibility index (Phi) is 6.79. The zero-order valence-corrected chi connectivity index (χ0v) is 17.6. The van der Waals surface area contributed by atoms with Gasteiger partial charge in [-0.25, -0.2) is 0 Å². The van der Waals surface area contributed by atoms with Crippen LogP contribution in [0.5, 0.6) is 0 Å². The van der Waals surface area contributed by atoms with Crippen molar-refractivity contribution in [3.8, 4) is 0 Å². The van der Waals surface area contributed by atoms with Crippen molar-refractivity contribution < 1.29 is 9.53 Å². The minimum atomic E-state index is -0.507. The fourth-order valence-electron chi connectivity index (χ4n) is 4.36. The van der Waals surface area contributed by atoms with Gasteiger partial charge in [-0.2, -0.15) is 0 Å². The smallest absolute Gasteiger partial charge is 0.230 e. The Morgan fingerprint density at radius 1 is 1.04 bits per heavy atom. The Morgan fingerprint density at radius 3 is 2.21 bits per heavy atom. The summed E-state index contributed by atoms with van der Waals surface area (Å²) in [5.41, 5.74) is 1.71. The number of halogens is 1. The summed E-state index contributed by atoms with van der Waals surface area (Å²) in [5, 5.41) is 4.06. The summed E-state index contributed by atoms with van der Waals surface area (Å²) in [7, 11) is 0. The van der Waals surface area contributed by atoms with E-state index in [4.69, 9.17) is 16.3 Å². The first-order valence-corrected chi connectivity index (χ1v) is 10.6. The molecular weight excluding hydrogens is 370 g/mol. The van der Waals surface area contributed by atoms with E-state index in [1.54, 1.807) is 0 Å². The molecule has 1 amide bonds. The van der Waals surface area contributed by atoms with Crippen LogP contribution in [0.4, 0.5) is 0 Å². The number of hydrogen-bond donors (Lipinski definition) is 1. The SMILES string of the molecule is CCC(CC)(CNC(=O)C1(c2ccccc2)CCOCC1)c1ccc(Cl)cc1. The lowest BCUT2D eigenvalue weighted by Gasteiger charge is -2.39. The molecule has 1 heterocycles. The van der Waals surface area contributed by atoms with Gasteiger partial charge in [-0.1, -0.05) is 67.9 Å². The maximum absolute atomic E-state index is 13.5. The molecule has 0 spiro atoms. The minimum Gasteiger partial charge on any atom is -0.381 e. The number of ether oxygens (including phenoxy) is 1. The van der Waals surface area contributed by atoms with Crippen molar-refractivity contribution in [2.45, 2.75) is 50.4 Å². The second-order valence-electron chi connectivity index (χ2n) is 7.74. The highest BCUT2D eigenvalue weighted by atomic mass is 35.5.